The summed E-state index contributed by atoms with van der Waals surface area (Å²) in [6.45, 7) is 5.49. The van der Waals surface area contributed by atoms with Crippen LogP contribution in [0.15, 0.2) is 24.9 Å². The molecule has 5 nitrogen and oxygen atoms in total. The van der Waals surface area contributed by atoms with Gasteiger partial charge in [-0.2, -0.15) is 0 Å². The largest absolute Gasteiger partial charge is 0.349 e. The van der Waals surface area contributed by atoms with E-state index in [1.165, 1.54) is 12.1 Å². The number of H-pyrrole nitrogens is 1. The van der Waals surface area contributed by atoms with E-state index in [-0.39, 0.29) is 5.41 Å². The molecule has 0 aliphatic carbocycles. The fraction of sp³-hybridized carbons (Fsp3) is 0.571. The Morgan fingerprint density at radius 2 is 2.42 bits per heavy atom. The van der Waals surface area contributed by atoms with Gasteiger partial charge in [-0.3, -0.25) is 0 Å². The molecule has 0 radical (unpaired) electrons. The van der Waals surface area contributed by atoms with E-state index in [0.717, 1.165) is 38.3 Å². The van der Waals surface area contributed by atoms with Crippen molar-refractivity contribution in [2.45, 2.75) is 38.1 Å². The van der Waals surface area contributed by atoms with Gasteiger partial charge in [0.2, 0.25) is 0 Å². The summed E-state index contributed by atoms with van der Waals surface area (Å²) in [5, 5.41) is 3.45. The van der Waals surface area contributed by atoms with Crippen molar-refractivity contribution in [3.63, 3.8) is 0 Å². The average molecular weight is 259 g/mol. The molecule has 2 aromatic heterocycles. The van der Waals surface area contributed by atoms with Crippen molar-refractivity contribution < 1.29 is 0 Å². The van der Waals surface area contributed by atoms with Gasteiger partial charge in [-0.1, -0.05) is 6.92 Å². The quantitative estimate of drug-likeness (QED) is 0.855. The molecule has 0 saturated carbocycles. The van der Waals surface area contributed by atoms with Crippen molar-refractivity contribution >= 4 is 0 Å². The molecule has 3 heterocycles. The molecule has 1 aliphatic heterocycles. The number of hydrogen-bond donors (Lipinski definition) is 2. The number of rotatable bonds is 5. The average Bonchev–Trinajstić information content (AvgIpc) is 3.10. The lowest BCUT2D eigenvalue weighted by molar-refractivity contribution is 0.466. The zero-order chi connectivity index (χ0) is 13.1. The Labute approximate surface area is 113 Å². The van der Waals surface area contributed by atoms with Gasteiger partial charge in [0.05, 0.1) is 6.33 Å². The van der Waals surface area contributed by atoms with Gasteiger partial charge in [0.1, 0.15) is 5.82 Å². The molecule has 3 rings (SSSR count). The van der Waals surface area contributed by atoms with Crippen LogP contribution in [0.3, 0.4) is 0 Å². The molecule has 0 spiro atoms. The Bertz CT molecular complexity index is 508. The second kappa shape index (κ2) is 5.17. The Kier molecular flexibility index (Phi) is 3.38. The monoisotopic (exact) mass is 259 g/mol. The van der Waals surface area contributed by atoms with Crippen molar-refractivity contribution in [3.8, 4) is 0 Å². The van der Waals surface area contributed by atoms with Gasteiger partial charge in [-0.25, -0.2) is 9.97 Å². The molecule has 1 saturated heterocycles. The third-order valence-electron chi connectivity index (χ3n) is 4.07. The van der Waals surface area contributed by atoms with E-state index >= 15 is 0 Å². The lowest BCUT2D eigenvalue weighted by atomic mass is 9.86. The standard InChI is InChI=1S/C14H21N5/c1-14(4-5-15-10-14)12-9-16-11-19(12)8-2-3-13-17-6-7-18-13/h6-7,9,11,15H,2-5,8,10H2,1H3,(H,17,18). The Morgan fingerprint density at radius 1 is 1.47 bits per heavy atom. The predicted molar refractivity (Wildman–Crippen MR) is 74.0 cm³/mol. The number of hydrogen-bond acceptors (Lipinski definition) is 3. The third-order valence-corrected chi connectivity index (χ3v) is 4.07. The van der Waals surface area contributed by atoms with Crippen LogP contribution in [0.5, 0.6) is 0 Å². The van der Waals surface area contributed by atoms with E-state index < -0.39 is 0 Å². The summed E-state index contributed by atoms with van der Waals surface area (Å²) in [6, 6.07) is 0. The SMILES string of the molecule is CC1(c2cncn2CCCc2ncc[nH]2)CCNC1. The summed E-state index contributed by atoms with van der Waals surface area (Å²) in [7, 11) is 0. The maximum Gasteiger partial charge on any atom is 0.106 e. The smallest absolute Gasteiger partial charge is 0.106 e. The maximum atomic E-state index is 4.34. The van der Waals surface area contributed by atoms with Crippen molar-refractivity contribution in [2.24, 2.45) is 0 Å². The molecule has 1 unspecified atom stereocenters. The van der Waals surface area contributed by atoms with Gasteiger partial charge in [-0.15, -0.1) is 0 Å². The first kappa shape index (κ1) is 12.4. The van der Waals surface area contributed by atoms with Crippen LogP contribution in [0.1, 0.15) is 31.3 Å². The van der Waals surface area contributed by atoms with Gasteiger partial charge in [0.15, 0.2) is 0 Å². The zero-order valence-corrected chi connectivity index (χ0v) is 11.4. The van der Waals surface area contributed by atoms with Crippen LogP contribution in [-0.2, 0) is 18.4 Å². The molecule has 1 fully saturated rings. The van der Waals surface area contributed by atoms with Crippen LogP contribution in [0.2, 0.25) is 0 Å². The van der Waals surface area contributed by atoms with Crippen molar-refractivity contribution in [1.29, 1.82) is 0 Å². The summed E-state index contributed by atoms with van der Waals surface area (Å²) in [6.07, 6.45) is 10.9. The Balaban J connectivity index is 1.64. The second-order valence-corrected chi connectivity index (χ2v) is 5.60. The van der Waals surface area contributed by atoms with Gasteiger partial charge in [0, 0.05) is 49.2 Å². The van der Waals surface area contributed by atoms with Gasteiger partial charge in [0.25, 0.3) is 0 Å². The van der Waals surface area contributed by atoms with E-state index in [0.29, 0.717) is 0 Å². The number of nitrogens with one attached hydrogen (secondary N) is 2. The molecule has 19 heavy (non-hydrogen) atoms. The van der Waals surface area contributed by atoms with Crippen LogP contribution in [0.4, 0.5) is 0 Å². The number of aromatic amines is 1. The molecular weight excluding hydrogens is 238 g/mol. The fourth-order valence-corrected chi connectivity index (χ4v) is 2.89. The Hall–Kier alpha value is -1.62. The molecular formula is C14H21N5. The molecule has 0 aromatic carbocycles. The molecule has 2 aromatic rings. The fourth-order valence-electron chi connectivity index (χ4n) is 2.89. The lowest BCUT2D eigenvalue weighted by Crippen LogP contribution is -2.28. The first-order chi connectivity index (χ1) is 9.28. The first-order valence-electron chi connectivity index (χ1n) is 6.97. The summed E-state index contributed by atoms with van der Waals surface area (Å²) in [4.78, 5) is 11.7. The van der Waals surface area contributed by atoms with Crippen molar-refractivity contribution in [1.82, 2.24) is 24.8 Å². The molecule has 1 aliphatic rings. The highest BCUT2D eigenvalue weighted by Crippen LogP contribution is 2.29. The molecule has 102 valence electrons. The molecule has 0 bridgehead atoms. The van der Waals surface area contributed by atoms with Crippen LogP contribution in [0, 0.1) is 0 Å². The van der Waals surface area contributed by atoms with E-state index in [9.17, 15) is 0 Å². The van der Waals surface area contributed by atoms with E-state index in [1.807, 2.05) is 24.9 Å². The number of aromatic nitrogens is 4. The summed E-state index contributed by atoms with van der Waals surface area (Å²) >= 11 is 0. The van der Waals surface area contributed by atoms with Gasteiger partial charge in [-0.05, 0) is 19.4 Å². The first-order valence-corrected chi connectivity index (χ1v) is 6.97. The highest BCUT2D eigenvalue weighted by molar-refractivity contribution is 5.17. The van der Waals surface area contributed by atoms with E-state index in [2.05, 4.69) is 31.8 Å². The topological polar surface area (TPSA) is 58.5 Å². The molecule has 2 N–H and O–H groups in total. The molecule has 1 atom stereocenters. The van der Waals surface area contributed by atoms with Crippen LogP contribution >= 0.6 is 0 Å². The normalized spacial score (nSPS) is 23.0. The maximum absolute atomic E-state index is 4.34. The number of imidazole rings is 2. The van der Waals surface area contributed by atoms with E-state index in [4.69, 9.17) is 0 Å². The Morgan fingerprint density at radius 3 is 3.16 bits per heavy atom. The molecule has 0 amide bonds. The predicted octanol–water partition coefficient (Wildman–Crippen LogP) is 1.49. The van der Waals surface area contributed by atoms with Crippen molar-refractivity contribution in [3.05, 3.63) is 36.4 Å². The third kappa shape index (κ3) is 2.56. The minimum absolute atomic E-state index is 0.237. The number of nitrogens with zero attached hydrogens (tertiary/aromatic N) is 3. The van der Waals surface area contributed by atoms with Gasteiger partial charge >= 0.3 is 0 Å². The van der Waals surface area contributed by atoms with Crippen LogP contribution < -0.4 is 5.32 Å². The second-order valence-electron chi connectivity index (χ2n) is 5.60. The lowest BCUT2D eigenvalue weighted by Gasteiger charge is -2.24. The summed E-state index contributed by atoms with van der Waals surface area (Å²) in [5.41, 5.74) is 1.60. The van der Waals surface area contributed by atoms with E-state index in [1.54, 1.807) is 0 Å². The van der Waals surface area contributed by atoms with Crippen LogP contribution in [-0.4, -0.2) is 32.6 Å². The summed E-state index contributed by atoms with van der Waals surface area (Å²) < 4.78 is 2.30. The van der Waals surface area contributed by atoms with Crippen molar-refractivity contribution in [2.75, 3.05) is 13.1 Å². The zero-order valence-electron chi connectivity index (χ0n) is 11.4. The van der Waals surface area contributed by atoms with Crippen LogP contribution in [0.25, 0.3) is 0 Å². The highest BCUT2D eigenvalue weighted by atomic mass is 15.1. The minimum Gasteiger partial charge on any atom is -0.349 e. The number of aryl methyl sites for hydroxylation is 2. The summed E-state index contributed by atoms with van der Waals surface area (Å²) in [5.74, 6) is 1.07. The minimum atomic E-state index is 0.237. The molecule has 5 heteroatoms. The highest BCUT2D eigenvalue weighted by Gasteiger charge is 2.33. The van der Waals surface area contributed by atoms with Gasteiger partial charge < -0.3 is 14.9 Å².